The first kappa shape index (κ1) is 21.1. The lowest BCUT2D eigenvalue weighted by molar-refractivity contribution is -0.160. The Morgan fingerprint density at radius 2 is 1.19 bits per heavy atom. The average molecular weight is 401 g/mol. The van der Waals surface area contributed by atoms with Crippen molar-refractivity contribution in [3.63, 3.8) is 0 Å². The van der Waals surface area contributed by atoms with E-state index in [-0.39, 0.29) is 18.2 Å². The van der Waals surface area contributed by atoms with Gasteiger partial charge in [-0.2, -0.15) is 39.5 Å². The van der Waals surface area contributed by atoms with Gasteiger partial charge >= 0.3 is 18.5 Å². The van der Waals surface area contributed by atoms with Gasteiger partial charge in [0.25, 0.3) is 0 Å². The quantitative estimate of drug-likeness (QED) is 0.609. The van der Waals surface area contributed by atoms with Crippen LogP contribution in [0.3, 0.4) is 0 Å². The lowest BCUT2D eigenvalue weighted by atomic mass is 9.98. The van der Waals surface area contributed by atoms with E-state index in [1.807, 2.05) is 5.32 Å². The first-order chi connectivity index (χ1) is 12.3. The summed E-state index contributed by atoms with van der Waals surface area (Å²) in [4.78, 5) is 0. The third kappa shape index (κ3) is 5.62. The van der Waals surface area contributed by atoms with E-state index in [1.54, 1.807) is 6.07 Å². The molecule has 0 aromatic heterocycles. The molecule has 0 bridgehead atoms. The first-order valence-corrected chi connectivity index (χ1v) is 7.42. The molecule has 27 heavy (non-hydrogen) atoms. The molecule has 148 valence electrons. The number of rotatable bonds is 4. The van der Waals surface area contributed by atoms with Crippen molar-refractivity contribution in [2.45, 2.75) is 31.1 Å². The van der Waals surface area contributed by atoms with Crippen LogP contribution in [0.1, 0.15) is 28.3 Å². The van der Waals surface area contributed by atoms with E-state index in [1.165, 1.54) is 24.3 Å². The highest BCUT2D eigenvalue weighted by molar-refractivity contribution is 5.36. The van der Waals surface area contributed by atoms with E-state index < -0.39 is 47.8 Å². The predicted octanol–water partition coefficient (Wildman–Crippen LogP) is 6.12. The molecule has 10 heteroatoms. The molecule has 0 aliphatic heterocycles. The first-order valence-electron chi connectivity index (χ1n) is 7.42. The van der Waals surface area contributed by atoms with Gasteiger partial charge in [0.2, 0.25) is 0 Å². The Balaban J connectivity index is 2.47. The number of nitrogens with one attached hydrogen (secondary N) is 1. The monoisotopic (exact) mass is 401 g/mol. The zero-order chi connectivity index (χ0) is 20.5. The smallest absolute Gasteiger partial charge is 0.298 e. The Hall–Kier alpha value is -2.23. The summed E-state index contributed by atoms with van der Waals surface area (Å²) in [6, 6.07) is 4.83. The van der Waals surface area contributed by atoms with Gasteiger partial charge in [-0.1, -0.05) is 30.3 Å². The summed E-state index contributed by atoms with van der Waals surface area (Å²) in [7, 11) is 0. The Labute approximate surface area is 147 Å². The van der Waals surface area contributed by atoms with E-state index in [2.05, 4.69) is 0 Å². The molecule has 0 fully saturated rings. The van der Waals surface area contributed by atoms with Crippen molar-refractivity contribution in [3.8, 4) is 0 Å². The molecular weight excluding hydrogens is 389 g/mol. The zero-order valence-corrected chi connectivity index (χ0v) is 13.3. The summed E-state index contributed by atoms with van der Waals surface area (Å²) >= 11 is 0. The zero-order valence-electron chi connectivity index (χ0n) is 13.3. The van der Waals surface area contributed by atoms with Gasteiger partial charge in [0.05, 0.1) is 11.1 Å². The maximum atomic E-state index is 13.3. The molecule has 2 aromatic rings. The molecule has 0 aliphatic rings. The fourth-order valence-corrected chi connectivity index (χ4v) is 2.38. The second-order valence-electron chi connectivity index (χ2n) is 5.68. The molecule has 1 atom stereocenters. The summed E-state index contributed by atoms with van der Waals surface area (Å²) < 4.78 is 117. The Morgan fingerprint density at radius 1 is 0.704 bits per heavy atom. The van der Waals surface area contributed by atoms with Gasteiger partial charge in [0.1, 0.15) is 6.04 Å². The molecule has 0 amide bonds. The van der Waals surface area contributed by atoms with Crippen molar-refractivity contribution in [1.82, 2.24) is 5.32 Å². The van der Waals surface area contributed by atoms with Crippen LogP contribution in [0.4, 0.5) is 39.5 Å². The predicted molar refractivity (Wildman–Crippen MR) is 78.5 cm³/mol. The van der Waals surface area contributed by atoms with Gasteiger partial charge in [-0.15, -0.1) is 0 Å². The van der Waals surface area contributed by atoms with Gasteiger partial charge in [-0.05, 0) is 29.3 Å². The molecule has 0 unspecified atom stereocenters. The second kappa shape index (κ2) is 7.41. The Morgan fingerprint density at radius 3 is 1.59 bits per heavy atom. The van der Waals surface area contributed by atoms with Crippen molar-refractivity contribution < 1.29 is 39.5 Å². The highest BCUT2D eigenvalue weighted by Crippen LogP contribution is 2.40. The molecule has 2 rings (SSSR count). The van der Waals surface area contributed by atoms with Crippen LogP contribution in [0.15, 0.2) is 48.5 Å². The van der Waals surface area contributed by atoms with Gasteiger partial charge in [-0.3, -0.25) is 5.32 Å². The summed E-state index contributed by atoms with van der Waals surface area (Å²) in [5.74, 6) is 0. The van der Waals surface area contributed by atoms with Gasteiger partial charge in [0, 0.05) is 6.54 Å². The minimum absolute atomic E-state index is 0.0748. The summed E-state index contributed by atoms with van der Waals surface area (Å²) in [5, 5.41) is 1.99. The van der Waals surface area contributed by atoms with Gasteiger partial charge < -0.3 is 0 Å². The molecule has 1 nitrogen and oxygen atoms in total. The minimum Gasteiger partial charge on any atom is -0.298 e. The van der Waals surface area contributed by atoms with E-state index in [0.717, 1.165) is 0 Å². The number of hydrogen-bond acceptors (Lipinski definition) is 1. The Bertz CT molecular complexity index is 728. The number of benzene rings is 2. The summed E-state index contributed by atoms with van der Waals surface area (Å²) in [6.07, 6.45) is -15.6. The maximum absolute atomic E-state index is 13.3. The third-order valence-electron chi connectivity index (χ3n) is 3.62. The molecular formula is C17H12F9N. The van der Waals surface area contributed by atoms with Crippen LogP contribution in [0.2, 0.25) is 0 Å². The lowest BCUT2D eigenvalue weighted by Crippen LogP contribution is -2.34. The van der Waals surface area contributed by atoms with E-state index in [4.69, 9.17) is 0 Å². The normalized spacial score (nSPS) is 14.3. The SMILES string of the molecule is FC(F)(F)c1cc([C@@H](NCc2ccccc2)C(F)(F)F)cc(C(F)(F)F)c1. The van der Waals surface area contributed by atoms with Crippen LogP contribution < -0.4 is 5.32 Å². The highest BCUT2D eigenvalue weighted by Gasteiger charge is 2.44. The molecule has 0 radical (unpaired) electrons. The summed E-state index contributed by atoms with van der Waals surface area (Å²) in [5.41, 5.74) is -4.39. The Kier molecular flexibility index (Phi) is 5.79. The molecule has 1 N–H and O–H groups in total. The van der Waals surface area contributed by atoms with Gasteiger partial charge in [0.15, 0.2) is 0 Å². The van der Waals surface area contributed by atoms with Crippen molar-refractivity contribution >= 4 is 0 Å². The van der Waals surface area contributed by atoms with Crippen LogP contribution in [-0.2, 0) is 18.9 Å². The number of halogens is 9. The van der Waals surface area contributed by atoms with Crippen LogP contribution >= 0.6 is 0 Å². The number of alkyl halides is 9. The standard InChI is InChI=1S/C17H12F9N/c18-15(19,20)12-6-11(7-13(8-12)16(21,22)23)14(17(24,25)26)27-9-10-4-2-1-3-5-10/h1-8,14,27H,9H2/t14-/m1/s1. The van der Waals surface area contributed by atoms with Crippen LogP contribution in [-0.4, -0.2) is 6.18 Å². The second-order valence-corrected chi connectivity index (χ2v) is 5.68. The third-order valence-corrected chi connectivity index (χ3v) is 3.62. The maximum Gasteiger partial charge on any atom is 0.416 e. The van der Waals surface area contributed by atoms with E-state index in [9.17, 15) is 39.5 Å². The van der Waals surface area contributed by atoms with Crippen LogP contribution in [0.25, 0.3) is 0 Å². The molecule has 2 aromatic carbocycles. The molecule has 0 aliphatic carbocycles. The van der Waals surface area contributed by atoms with Crippen molar-refractivity contribution in [1.29, 1.82) is 0 Å². The van der Waals surface area contributed by atoms with E-state index >= 15 is 0 Å². The highest BCUT2D eigenvalue weighted by atomic mass is 19.4. The lowest BCUT2D eigenvalue weighted by Gasteiger charge is -2.24. The largest absolute Gasteiger partial charge is 0.416 e. The average Bonchev–Trinajstić information content (AvgIpc) is 2.53. The van der Waals surface area contributed by atoms with Crippen LogP contribution in [0.5, 0.6) is 0 Å². The fraction of sp³-hybridized carbons (Fsp3) is 0.294. The fourth-order valence-electron chi connectivity index (χ4n) is 2.38. The van der Waals surface area contributed by atoms with Gasteiger partial charge in [-0.25, -0.2) is 0 Å². The van der Waals surface area contributed by atoms with Crippen molar-refractivity contribution in [2.24, 2.45) is 0 Å². The van der Waals surface area contributed by atoms with Crippen LogP contribution in [0, 0.1) is 0 Å². The molecule has 0 heterocycles. The molecule has 0 spiro atoms. The topological polar surface area (TPSA) is 12.0 Å². The molecule has 0 saturated heterocycles. The minimum atomic E-state index is -5.23. The molecule has 0 saturated carbocycles. The summed E-state index contributed by atoms with van der Waals surface area (Å²) in [6.45, 7) is -0.400. The van der Waals surface area contributed by atoms with E-state index in [0.29, 0.717) is 5.56 Å². The van der Waals surface area contributed by atoms with Crippen molar-refractivity contribution in [3.05, 3.63) is 70.8 Å². The van der Waals surface area contributed by atoms with Crippen molar-refractivity contribution in [2.75, 3.05) is 0 Å². The number of hydrogen-bond donors (Lipinski definition) is 1.